The lowest BCUT2D eigenvalue weighted by Crippen LogP contribution is -2.57. The molecule has 39 heavy (non-hydrogen) atoms. The highest BCUT2D eigenvalue weighted by molar-refractivity contribution is 5.94. The molecule has 0 aromatic heterocycles. The normalized spacial score (nSPS) is 21.3. The van der Waals surface area contributed by atoms with E-state index >= 15 is 0 Å². The van der Waals surface area contributed by atoms with Gasteiger partial charge < -0.3 is 14.7 Å². The molecule has 2 aromatic rings. The van der Waals surface area contributed by atoms with E-state index in [0.29, 0.717) is 44.1 Å². The van der Waals surface area contributed by atoms with Gasteiger partial charge in [0.05, 0.1) is 12.6 Å². The molecule has 0 saturated carbocycles. The Hall–Kier alpha value is -3.42. The Morgan fingerprint density at radius 3 is 2.41 bits per heavy atom. The van der Waals surface area contributed by atoms with Crippen LogP contribution in [0.1, 0.15) is 61.1 Å². The monoisotopic (exact) mass is 531 g/mol. The number of hydrogen-bond acceptors (Lipinski definition) is 6. The summed E-state index contributed by atoms with van der Waals surface area (Å²) in [6, 6.07) is 15.9. The number of aromatic hydroxyl groups is 1. The SMILES string of the molecule is C=CCN1C[C@H](C)N([C@@H](c2cccc(O)c2)c2cccc(C(=O)N3CCC(=CC(=O)OCC)CC3)c2)C[C@H]1C. The van der Waals surface area contributed by atoms with Crippen molar-refractivity contribution in [3.8, 4) is 5.75 Å². The fourth-order valence-corrected chi connectivity index (χ4v) is 5.79. The molecule has 3 atom stereocenters. The quantitative estimate of drug-likeness (QED) is 0.300. The summed E-state index contributed by atoms with van der Waals surface area (Å²) in [4.78, 5) is 32.1. The number of esters is 1. The summed E-state index contributed by atoms with van der Waals surface area (Å²) >= 11 is 0. The summed E-state index contributed by atoms with van der Waals surface area (Å²) in [7, 11) is 0. The minimum Gasteiger partial charge on any atom is -0.508 e. The minimum atomic E-state index is -0.313. The van der Waals surface area contributed by atoms with E-state index in [0.717, 1.165) is 36.3 Å². The fraction of sp³-hybridized carbons (Fsp3) is 0.438. The highest BCUT2D eigenvalue weighted by atomic mass is 16.5. The van der Waals surface area contributed by atoms with Crippen LogP contribution < -0.4 is 0 Å². The maximum Gasteiger partial charge on any atom is 0.330 e. The average molecular weight is 532 g/mol. The fourth-order valence-electron chi connectivity index (χ4n) is 5.79. The number of benzene rings is 2. The van der Waals surface area contributed by atoms with Gasteiger partial charge in [0, 0.05) is 56.4 Å². The maximum atomic E-state index is 13.5. The lowest BCUT2D eigenvalue weighted by molar-refractivity contribution is -0.137. The lowest BCUT2D eigenvalue weighted by atomic mass is 9.92. The largest absolute Gasteiger partial charge is 0.508 e. The van der Waals surface area contributed by atoms with Crippen LogP contribution in [0.15, 0.2) is 72.8 Å². The number of piperazine rings is 1. The van der Waals surface area contributed by atoms with E-state index in [9.17, 15) is 14.7 Å². The third kappa shape index (κ3) is 6.97. The second-order valence-corrected chi connectivity index (χ2v) is 10.6. The Morgan fingerprint density at radius 1 is 1.05 bits per heavy atom. The van der Waals surface area contributed by atoms with Gasteiger partial charge in [0.25, 0.3) is 5.91 Å². The van der Waals surface area contributed by atoms with Gasteiger partial charge >= 0.3 is 5.97 Å². The number of phenolic OH excluding ortho intramolecular Hbond substituents is 1. The third-order valence-electron chi connectivity index (χ3n) is 7.80. The van der Waals surface area contributed by atoms with E-state index < -0.39 is 0 Å². The Labute approximate surface area is 232 Å². The summed E-state index contributed by atoms with van der Waals surface area (Å²) in [5.41, 5.74) is 3.71. The molecule has 1 N–H and O–H groups in total. The molecule has 2 aliphatic heterocycles. The van der Waals surface area contributed by atoms with Crippen LogP contribution in [0.3, 0.4) is 0 Å². The highest BCUT2D eigenvalue weighted by Gasteiger charge is 2.35. The van der Waals surface area contributed by atoms with Crippen molar-refractivity contribution in [1.82, 2.24) is 14.7 Å². The van der Waals surface area contributed by atoms with Crippen molar-refractivity contribution in [2.24, 2.45) is 0 Å². The number of piperidine rings is 1. The van der Waals surface area contributed by atoms with Gasteiger partial charge in [-0.05, 0) is 69.0 Å². The molecule has 1 amide bonds. The molecule has 2 saturated heterocycles. The van der Waals surface area contributed by atoms with Gasteiger partial charge in [-0.25, -0.2) is 4.79 Å². The summed E-state index contributed by atoms with van der Waals surface area (Å²) < 4.78 is 5.03. The van der Waals surface area contributed by atoms with Crippen molar-refractivity contribution >= 4 is 11.9 Å². The first kappa shape index (κ1) is 28.6. The molecule has 7 heteroatoms. The van der Waals surface area contributed by atoms with Crippen LogP contribution in [0.25, 0.3) is 0 Å². The Kier molecular flexibility index (Phi) is 9.59. The third-order valence-corrected chi connectivity index (χ3v) is 7.80. The summed E-state index contributed by atoms with van der Waals surface area (Å²) in [5.74, 6) is -0.0820. The topological polar surface area (TPSA) is 73.3 Å². The lowest BCUT2D eigenvalue weighted by Gasteiger charge is -2.47. The minimum absolute atomic E-state index is 0.00101. The zero-order valence-electron chi connectivity index (χ0n) is 23.4. The molecule has 0 radical (unpaired) electrons. The molecule has 0 aliphatic carbocycles. The van der Waals surface area contributed by atoms with Crippen LogP contribution >= 0.6 is 0 Å². The summed E-state index contributed by atoms with van der Waals surface area (Å²) in [6.45, 7) is 14.3. The number of likely N-dealkylation sites (tertiary alicyclic amines) is 1. The average Bonchev–Trinajstić information content (AvgIpc) is 2.92. The van der Waals surface area contributed by atoms with E-state index in [4.69, 9.17) is 4.74 Å². The summed E-state index contributed by atoms with van der Waals surface area (Å²) in [5, 5.41) is 10.3. The van der Waals surface area contributed by atoms with E-state index in [1.54, 1.807) is 19.1 Å². The standard InChI is InChI=1S/C32H41N3O4/c1-5-15-34-21-24(4)35(22-23(34)3)31(27-10-8-12-29(36)20-27)26-9-7-11-28(19-26)32(38)33-16-13-25(14-17-33)18-30(37)39-6-2/h5,7-12,18-20,23-24,31,36H,1,6,13-17,21-22H2,2-4H3/t23-,24+,31-/m1/s1. The van der Waals surface area contributed by atoms with Gasteiger partial charge in [0.1, 0.15) is 5.75 Å². The van der Waals surface area contributed by atoms with Crippen LogP contribution in [-0.4, -0.2) is 83.1 Å². The van der Waals surface area contributed by atoms with Crippen molar-refractivity contribution < 1.29 is 19.4 Å². The Bertz CT molecular complexity index is 1200. The molecule has 0 unspecified atom stereocenters. The molecule has 7 nitrogen and oxygen atoms in total. The van der Waals surface area contributed by atoms with Crippen molar-refractivity contribution in [3.63, 3.8) is 0 Å². The number of hydrogen-bond donors (Lipinski definition) is 1. The van der Waals surface area contributed by atoms with Crippen molar-refractivity contribution in [2.75, 3.05) is 39.3 Å². The van der Waals surface area contributed by atoms with Crippen molar-refractivity contribution in [2.45, 2.75) is 51.7 Å². The van der Waals surface area contributed by atoms with Crippen LogP contribution in [0.4, 0.5) is 0 Å². The van der Waals surface area contributed by atoms with Crippen LogP contribution in [0.2, 0.25) is 0 Å². The maximum absolute atomic E-state index is 13.5. The first-order valence-electron chi connectivity index (χ1n) is 14.0. The smallest absolute Gasteiger partial charge is 0.330 e. The number of phenols is 1. The molecule has 2 heterocycles. The van der Waals surface area contributed by atoms with Crippen LogP contribution in [0.5, 0.6) is 5.75 Å². The van der Waals surface area contributed by atoms with E-state index in [2.05, 4.69) is 42.4 Å². The molecule has 4 rings (SSSR count). The van der Waals surface area contributed by atoms with Crippen molar-refractivity contribution in [1.29, 1.82) is 0 Å². The van der Waals surface area contributed by atoms with Crippen LogP contribution in [0, 0.1) is 0 Å². The van der Waals surface area contributed by atoms with Crippen molar-refractivity contribution in [3.05, 3.63) is 89.5 Å². The molecular weight excluding hydrogens is 490 g/mol. The highest BCUT2D eigenvalue weighted by Crippen LogP contribution is 2.35. The molecular formula is C32H41N3O4. The molecule has 0 bridgehead atoms. The van der Waals surface area contributed by atoms with E-state index in [1.807, 2.05) is 41.3 Å². The van der Waals surface area contributed by atoms with E-state index in [-0.39, 0.29) is 29.7 Å². The second kappa shape index (κ2) is 13.1. The number of rotatable bonds is 8. The molecule has 2 fully saturated rings. The van der Waals surface area contributed by atoms with Gasteiger partial charge in [-0.2, -0.15) is 0 Å². The van der Waals surface area contributed by atoms with Gasteiger partial charge in [-0.15, -0.1) is 6.58 Å². The predicted molar refractivity (Wildman–Crippen MR) is 154 cm³/mol. The zero-order chi connectivity index (χ0) is 27.9. The van der Waals surface area contributed by atoms with Gasteiger partial charge in [0.15, 0.2) is 0 Å². The molecule has 208 valence electrons. The number of carbonyl (C=O) groups is 2. The predicted octanol–water partition coefficient (Wildman–Crippen LogP) is 4.79. The first-order chi connectivity index (χ1) is 18.8. The number of amides is 1. The summed E-state index contributed by atoms with van der Waals surface area (Å²) in [6.07, 6.45) is 4.86. The molecule has 0 spiro atoms. The number of carbonyl (C=O) groups excluding carboxylic acids is 2. The van der Waals surface area contributed by atoms with Gasteiger partial charge in [-0.1, -0.05) is 35.9 Å². The van der Waals surface area contributed by atoms with Gasteiger partial charge in [-0.3, -0.25) is 14.6 Å². The number of nitrogens with zero attached hydrogens (tertiary/aromatic N) is 3. The molecule has 2 aliphatic rings. The van der Waals surface area contributed by atoms with Gasteiger partial charge in [0.2, 0.25) is 0 Å². The second-order valence-electron chi connectivity index (χ2n) is 10.6. The Morgan fingerprint density at radius 2 is 1.74 bits per heavy atom. The van der Waals surface area contributed by atoms with Crippen LogP contribution in [-0.2, 0) is 9.53 Å². The zero-order valence-corrected chi connectivity index (χ0v) is 23.4. The first-order valence-corrected chi connectivity index (χ1v) is 14.0. The van der Waals surface area contributed by atoms with E-state index in [1.165, 1.54) is 0 Å². The molecule has 2 aromatic carbocycles. The Balaban J connectivity index is 1.58. The number of ether oxygens (including phenoxy) is 1.